The molecule has 1 fully saturated rings. The largest absolute Gasteiger partial charge is 0.316 e. The third-order valence-corrected chi connectivity index (χ3v) is 4.81. The van der Waals surface area contributed by atoms with E-state index in [1.165, 1.54) is 0 Å². The summed E-state index contributed by atoms with van der Waals surface area (Å²) >= 11 is 0. The fourth-order valence-corrected chi connectivity index (χ4v) is 3.49. The zero-order chi connectivity index (χ0) is 12.0. The Morgan fingerprint density at radius 2 is 2.18 bits per heavy atom. The Morgan fingerprint density at radius 1 is 1.47 bits per heavy atom. The molecule has 0 aromatic carbocycles. The van der Waals surface area contributed by atoms with Crippen molar-refractivity contribution in [3.05, 3.63) is 0 Å². The first kappa shape index (κ1) is 17.2. The number of nitrogens with one attached hydrogen (secondary N) is 2. The fraction of sp³-hybridized carbons (Fsp3) is 1.00. The van der Waals surface area contributed by atoms with E-state index in [9.17, 15) is 8.42 Å². The molecule has 2 atom stereocenters. The summed E-state index contributed by atoms with van der Waals surface area (Å²) in [7, 11) is -3.07. The van der Waals surface area contributed by atoms with Gasteiger partial charge in [-0.15, -0.1) is 12.4 Å². The van der Waals surface area contributed by atoms with Crippen LogP contribution in [0.3, 0.4) is 0 Å². The number of hydrogen-bond donors (Lipinski definition) is 2. The molecule has 0 aromatic heterocycles. The Kier molecular flexibility index (Phi) is 8.37. The smallest absolute Gasteiger partial charge is 0.211 e. The Labute approximate surface area is 111 Å². The fourth-order valence-electron chi connectivity index (χ4n) is 1.89. The summed E-state index contributed by atoms with van der Waals surface area (Å²) in [5, 5.41) is 3.29. The average Bonchev–Trinajstić information content (AvgIpc) is 2.27. The summed E-state index contributed by atoms with van der Waals surface area (Å²) in [6.07, 6.45) is 3.18. The Morgan fingerprint density at radius 3 is 2.71 bits per heavy atom. The zero-order valence-electron chi connectivity index (χ0n) is 10.7. The van der Waals surface area contributed by atoms with Gasteiger partial charge in [0.05, 0.1) is 5.75 Å². The molecule has 1 aliphatic rings. The lowest BCUT2D eigenvalue weighted by molar-refractivity contribution is 0.375. The van der Waals surface area contributed by atoms with Crippen LogP contribution in [0.5, 0.6) is 0 Å². The van der Waals surface area contributed by atoms with Crippen molar-refractivity contribution < 1.29 is 8.42 Å². The molecule has 4 nitrogen and oxygen atoms in total. The molecule has 0 radical (unpaired) electrons. The molecule has 0 saturated carbocycles. The van der Waals surface area contributed by atoms with Gasteiger partial charge in [0.2, 0.25) is 10.0 Å². The number of halogens is 1. The number of sulfonamides is 1. The summed E-state index contributed by atoms with van der Waals surface area (Å²) in [5.74, 6) is 0.950. The summed E-state index contributed by atoms with van der Waals surface area (Å²) in [5.41, 5.74) is 0. The lowest BCUT2D eigenvalue weighted by atomic mass is 10.0. The second kappa shape index (κ2) is 8.29. The van der Waals surface area contributed by atoms with E-state index in [1.54, 1.807) is 0 Å². The van der Waals surface area contributed by atoms with Crippen molar-refractivity contribution in [2.45, 2.75) is 33.1 Å². The van der Waals surface area contributed by atoms with Gasteiger partial charge in [-0.3, -0.25) is 0 Å². The van der Waals surface area contributed by atoms with Crippen LogP contribution in [-0.4, -0.2) is 33.8 Å². The second-order valence-electron chi connectivity index (χ2n) is 4.86. The molecule has 0 aromatic rings. The molecular formula is C11H25ClN2O2S. The monoisotopic (exact) mass is 284 g/mol. The van der Waals surface area contributed by atoms with E-state index in [1.807, 2.05) is 13.8 Å². The molecule has 1 rings (SSSR count). The Hall–Kier alpha value is 0.160. The zero-order valence-corrected chi connectivity index (χ0v) is 12.4. The van der Waals surface area contributed by atoms with E-state index >= 15 is 0 Å². The van der Waals surface area contributed by atoms with Crippen LogP contribution in [-0.2, 0) is 10.0 Å². The van der Waals surface area contributed by atoms with E-state index in [2.05, 4.69) is 10.0 Å². The van der Waals surface area contributed by atoms with E-state index in [0.29, 0.717) is 12.5 Å². The molecule has 0 bridgehead atoms. The highest BCUT2D eigenvalue weighted by atomic mass is 35.5. The predicted molar refractivity (Wildman–Crippen MR) is 74.1 cm³/mol. The van der Waals surface area contributed by atoms with Gasteiger partial charge in [-0.25, -0.2) is 13.1 Å². The highest BCUT2D eigenvalue weighted by Crippen LogP contribution is 2.10. The molecular weight excluding hydrogens is 260 g/mol. The summed E-state index contributed by atoms with van der Waals surface area (Å²) < 4.78 is 26.1. The minimum Gasteiger partial charge on any atom is -0.316 e. The van der Waals surface area contributed by atoms with Gasteiger partial charge in [0.15, 0.2) is 0 Å². The van der Waals surface area contributed by atoms with Gasteiger partial charge in [0.1, 0.15) is 0 Å². The Bertz CT molecular complexity index is 290. The first-order valence-corrected chi connectivity index (χ1v) is 7.86. The van der Waals surface area contributed by atoms with Crippen LogP contribution in [0.4, 0.5) is 0 Å². The SMILES string of the molecule is CCC(C)CS(=O)(=O)NCC1CCCNC1.Cl. The van der Waals surface area contributed by atoms with Crippen molar-refractivity contribution in [2.75, 3.05) is 25.4 Å². The van der Waals surface area contributed by atoms with Crippen molar-refractivity contribution >= 4 is 22.4 Å². The average molecular weight is 285 g/mol. The molecule has 104 valence electrons. The third kappa shape index (κ3) is 7.24. The second-order valence-corrected chi connectivity index (χ2v) is 6.71. The molecule has 17 heavy (non-hydrogen) atoms. The number of piperidine rings is 1. The molecule has 0 amide bonds. The van der Waals surface area contributed by atoms with Gasteiger partial charge in [-0.1, -0.05) is 20.3 Å². The van der Waals surface area contributed by atoms with Crippen LogP contribution in [0.2, 0.25) is 0 Å². The van der Waals surface area contributed by atoms with Crippen LogP contribution in [0.25, 0.3) is 0 Å². The van der Waals surface area contributed by atoms with Crippen molar-refractivity contribution in [3.8, 4) is 0 Å². The van der Waals surface area contributed by atoms with Crippen LogP contribution in [0, 0.1) is 11.8 Å². The van der Waals surface area contributed by atoms with Crippen molar-refractivity contribution in [1.29, 1.82) is 0 Å². The molecule has 6 heteroatoms. The summed E-state index contributed by atoms with van der Waals surface area (Å²) in [6, 6.07) is 0. The molecule has 0 spiro atoms. The maximum Gasteiger partial charge on any atom is 0.211 e. The van der Waals surface area contributed by atoms with E-state index in [4.69, 9.17) is 0 Å². The minimum atomic E-state index is -3.07. The van der Waals surface area contributed by atoms with E-state index < -0.39 is 10.0 Å². The molecule has 1 aliphatic heterocycles. The van der Waals surface area contributed by atoms with Gasteiger partial charge in [0.25, 0.3) is 0 Å². The lowest BCUT2D eigenvalue weighted by Gasteiger charge is -2.23. The van der Waals surface area contributed by atoms with E-state index in [-0.39, 0.29) is 24.1 Å². The van der Waals surface area contributed by atoms with Crippen molar-refractivity contribution in [2.24, 2.45) is 11.8 Å². The quantitative estimate of drug-likeness (QED) is 0.775. The standard InChI is InChI=1S/C11H24N2O2S.ClH/c1-3-10(2)9-16(14,15)13-8-11-5-4-6-12-7-11;/h10-13H,3-9H2,1-2H3;1H. The summed E-state index contributed by atoms with van der Waals surface area (Å²) in [4.78, 5) is 0. The molecule has 1 saturated heterocycles. The topological polar surface area (TPSA) is 58.2 Å². The van der Waals surface area contributed by atoms with Crippen LogP contribution < -0.4 is 10.0 Å². The maximum absolute atomic E-state index is 11.7. The molecule has 2 N–H and O–H groups in total. The van der Waals surface area contributed by atoms with Crippen molar-refractivity contribution in [3.63, 3.8) is 0 Å². The first-order chi connectivity index (χ1) is 7.53. The van der Waals surface area contributed by atoms with Gasteiger partial charge in [-0.05, 0) is 37.8 Å². The van der Waals surface area contributed by atoms with Crippen LogP contribution in [0.15, 0.2) is 0 Å². The van der Waals surface area contributed by atoms with Gasteiger partial charge >= 0.3 is 0 Å². The number of rotatable bonds is 6. The van der Waals surface area contributed by atoms with E-state index in [0.717, 1.165) is 32.4 Å². The van der Waals surface area contributed by atoms with Gasteiger partial charge in [-0.2, -0.15) is 0 Å². The predicted octanol–water partition coefficient (Wildman–Crippen LogP) is 1.37. The molecule has 2 unspecified atom stereocenters. The molecule has 0 aliphatic carbocycles. The van der Waals surface area contributed by atoms with Gasteiger partial charge in [0, 0.05) is 6.54 Å². The minimum absolute atomic E-state index is 0. The highest BCUT2D eigenvalue weighted by molar-refractivity contribution is 7.89. The first-order valence-electron chi connectivity index (χ1n) is 6.21. The third-order valence-electron chi connectivity index (χ3n) is 3.19. The van der Waals surface area contributed by atoms with Gasteiger partial charge < -0.3 is 5.32 Å². The van der Waals surface area contributed by atoms with Crippen LogP contribution in [0.1, 0.15) is 33.1 Å². The number of hydrogen-bond acceptors (Lipinski definition) is 3. The van der Waals surface area contributed by atoms with Crippen LogP contribution >= 0.6 is 12.4 Å². The highest BCUT2D eigenvalue weighted by Gasteiger charge is 2.18. The lowest BCUT2D eigenvalue weighted by Crippen LogP contribution is -2.39. The summed E-state index contributed by atoms with van der Waals surface area (Å²) in [6.45, 7) is 6.58. The maximum atomic E-state index is 11.7. The van der Waals surface area contributed by atoms with Crippen molar-refractivity contribution in [1.82, 2.24) is 10.0 Å². The molecule has 1 heterocycles. The normalized spacial score (nSPS) is 22.8. The Balaban J connectivity index is 0.00000256.